The molecule has 0 spiro atoms. The van der Waals surface area contributed by atoms with Gasteiger partial charge in [-0.15, -0.1) is 0 Å². The smallest absolute Gasteiger partial charge is 0.339 e. The average Bonchev–Trinajstić information content (AvgIpc) is 1.42. The summed E-state index contributed by atoms with van der Waals surface area (Å²) in [6, 6.07) is 26.4. The van der Waals surface area contributed by atoms with Crippen LogP contribution in [0.4, 0.5) is 14.4 Å². The van der Waals surface area contributed by atoms with E-state index in [1.165, 1.54) is 53.4 Å². The molecule has 4 atom stereocenters. The zero-order chi connectivity index (χ0) is 71.0. The molecule has 0 aliphatic carbocycles. The summed E-state index contributed by atoms with van der Waals surface area (Å²) in [5.41, 5.74) is 6.06. The minimum Gasteiger partial charge on any atom is -0.468 e. The van der Waals surface area contributed by atoms with Crippen LogP contribution in [-0.4, -0.2) is 251 Å². The lowest BCUT2D eigenvalue weighted by molar-refractivity contribution is -0.304. The molecule has 0 radical (unpaired) electrons. The van der Waals surface area contributed by atoms with Gasteiger partial charge in [-0.1, -0.05) is 97.6 Å². The molecule has 5 heterocycles. The first-order valence-electron chi connectivity index (χ1n) is 31.6. The molecule has 5 fully saturated rings. The maximum Gasteiger partial charge on any atom is 0.339 e. The number of hydrazine groups is 4. The minimum absolute atomic E-state index is 0.124. The fourth-order valence-corrected chi connectivity index (χ4v) is 10.2. The van der Waals surface area contributed by atoms with Crippen molar-refractivity contribution in [1.82, 2.24) is 55.6 Å². The molecule has 6 amide bonds. The normalized spacial score (nSPS) is 18.6. The molecule has 0 bridgehead atoms. The average molecular weight is 1370 g/mol. The Labute approximate surface area is 568 Å². The number of halogens is 1. The predicted octanol–water partition coefficient (Wildman–Crippen LogP) is 5.73. The van der Waals surface area contributed by atoms with Crippen LogP contribution in [-0.2, 0) is 91.6 Å². The third-order valence-corrected chi connectivity index (χ3v) is 15.3. The number of esters is 6. The van der Waals surface area contributed by atoms with Crippen molar-refractivity contribution in [3.8, 4) is 0 Å². The van der Waals surface area contributed by atoms with Crippen LogP contribution in [0.2, 0.25) is 0 Å². The first-order valence-corrected chi connectivity index (χ1v) is 32.0. The van der Waals surface area contributed by atoms with Crippen molar-refractivity contribution in [2.75, 3.05) is 123 Å². The minimum atomic E-state index is -0.694. The summed E-state index contributed by atoms with van der Waals surface area (Å²) in [5.74, 6) is -2.14. The summed E-state index contributed by atoms with van der Waals surface area (Å²) in [7, 11) is 15.9. The summed E-state index contributed by atoms with van der Waals surface area (Å²) in [4.78, 5) is 129. The van der Waals surface area contributed by atoms with E-state index in [1.807, 2.05) is 110 Å². The second-order valence-corrected chi connectivity index (χ2v) is 22.6. The van der Waals surface area contributed by atoms with Crippen molar-refractivity contribution in [1.29, 1.82) is 0 Å². The van der Waals surface area contributed by atoms with E-state index in [0.29, 0.717) is 97.7 Å². The number of ether oxygens (including phenoxy) is 6. The van der Waals surface area contributed by atoms with Crippen LogP contribution in [0.25, 0.3) is 0 Å². The molecule has 5 aliphatic rings. The zero-order valence-electron chi connectivity index (χ0n) is 57.1. The van der Waals surface area contributed by atoms with Crippen molar-refractivity contribution in [2.24, 2.45) is 0 Å². The Balaban J connectivity index is 0.000000309. The Morgan fingerprint density at radius 2 is 1.09 bits per heavy atom. The van der Waals surface area contributed by atoms with Gasteiger partial charge in [-0.3, -0.25) is 19.2 Å². The van der Waals surface area contributed by atoms with Gasteiger partial charge >= 0.3 is 53.2 Å². The van der Waals surface area contributed by atoms with Gasteiger partial charge in [-0.2, -0.15) is 0 Å². The molecule has 532 valence electrons. The second-order valence-electron chi connectivity index (χ2n) is 22.3. The highest BCUT2D eigenvalue weighted by Crippen LogP contribution is 2.25. The number of carbonyl (C=O) groups is 10. The van der Waals surface area contributed by atoms with Gasteiger partial charge in [0.2, 0.25) is 5.91 Å². The molecule has 0 saturated carbocycles. The SMILES string of the molecule is C=CC(=O)OCc1ccccc1.CNCCC(=O)OCc1ccccc1.COC(=O)[C@@H]1CCCN(C)N1.COC(=O)[C@@H]1CCCN(C)N1C(=O)Cl.COC(=O)[C@@H]1CCCN(C)N1C(=O)N(C)CCCOOCc1ccccc1.COC(=O)[C@@H]1CCCN2C(=O)CCN(C)C(=O)N12. The highest BCUT2D eigenvalue weighted by atomic mass is 35.5. The van der Waals surface area contributed by atoms with Crippen LogP contribution in [0.5, 0.6) is 0 Å². The molecule has 29 nitrogen and oxygen atoms in total. The number of benzene rings is 3. The summed E-state index contributed by atoms with van der Waals surface area (Å²) in [6.07, 6.45) is 8.50. The Kier molecular flexibility index (Phi) is 39.2. The fourth-order valence-electron chi connectivity index (χ4n) is 9.98. The lowest BCUT2D eigenvalue weighted by Crippen LogP contribution is -2.60. The molecule has 30 heteroatoms. The van der Waals surface area contributed by atoms with E-state index in [0.717, 1.165) is 61.5 Å². The van der Waals surface area contributed by atoms with Crippen LogP contribution in [0.3, 0.4) is 0 Å². The number of fused-ring (bicyclic) bond motifs is 1. The van der Waals surface area contributed by atoms with Crippen molar-refractivity contribution >= 4 is 70.8 Å². The monoisotopic (exact) mass is 1370 g/mol. The van der Waals surface area contributed by atoms with Gasteiger partial charge in [0, 0.05) is 93.5 Å². The third-order valence-electron chi connectivity index (χ3n) is 15.2. The van der Waals surface area contributed by atoms with Gasteiger partial charge in [0.25, 0.3) is 0 Å². The molecule has 3 aromatic rings. The van der Waals surface area contributed by atoms with Gasteiger partial charge < -0.3 is 43.5 Å². The van der Waals surface area contributed by atoms with E-state index in [-0.39, 0.29) is 54.3 Å². The van der Waals surface area contributed by atoms with E-state index in [2.05, 4.69) is 26.8 Å². The number of nitrogens with one attached hydrogen (secondary N) is 2. The summed E-state index contributed by atoms with van der Waals surface area (Å²) in [5, 5.41) is 12.9. The second kappa shape index (κ2) is 46.0. The Bertz CT molecular complexity index is 2870. The topological polar surface area (TPSA) is 298 Å². The highest BCUT2D eigenvalue weighted by molar-refractivity contribution is 6.62. The van der Waals surface area contributed by atoms with Crippen molar-refractivity contribution in [3.63, 3.8) is 0 Å². The summed E-state index contributed by atoms with van der Waals surface area (Å²) in [6.45, 7) is 9.17. The number of urea groups is 2. The molecule has 5 saturated heterocycles. The number of hydrogen-bond acceptors (Lipinski definition) is 23. The van der Waals surface area contributed by atoms with Crippen molar-refractivity contribution < 1.29 is 86.1 Å². The summed E-state index contributed by atoms with van der Waals surface area (Å²) >= 11 is 5.38. The first-order chi connectivity index (χ1) is 46.1. The highest BCUT2D eigenvalue weighted by Gasteiger charge is 2.43. The molecule has 0 aromatic heterocycles. The Morgan fingerprint density at radius 3 is 1.60 bits per heavy atom. The van der Waals surface area contributed by atoms with Gasteiger partial charge in [-0.05, 0) is 93.1 Å². The van der Waals surface area contributed by atoms with Crippen LogP contribution >= 0.6 is 11.6 Å². The standard InChI is InChI=1S/C19H29N3O5.C11H17N3O4.C11H15NO2.C10H10O2.C8H13ClN2O3.C7H14N2O2/c1-20(12-8-14-26-27-15-16-9-5-4-6-10-16)19(24)22-17(18(23)25-3)11-7-13-21(22)2;1-12-7-5-9(15)13-6-3-4-8(10(16)18-2)14(13)11(12)17;1-12-8-7-11(13)14-9-10-5-3-2-4-6-10;1-2-10(11)12-8-9-6-4-3-5-7-9;1-10-5-3-4-6(7(12)14-2)11(10)8(9)13;1-9-5-3-4-6(8-9)7(10)11-2/h4-6,9-10,17H,7-8,11-15H2,1-3H3;8H,3-7H2,1-2H3;2-6,12H,7-9H2,1H3;2-7H,1,8H2;6H,3-5H2,1-2H3;6,8H,3-5H2,1-2H3/t17-;8-;;;2*6-/m00..00/s1. The molecule has 8 rings (SSSR count). The van der Waals surface area contributed by atoms with E-state index < -0.39 is 35.4 Å². The molecule has 2 N–H and O–H groups in total. The molecule has 96 heavy (non-hydrogen) atoms. The third kappa shape index (κ3) is 29.0. The van der Waals surface area contributed by atoms with E-state index >= 15 is 0 Å². The number of methoxy groups -OCH3 is 4. The molecular formula is C66H98ClN11O18. The molecule has 0 unspecified atom stereocenters. The largest absolute Gasteiger partial charge is 0.468 e. The Morgan fingerprint density at radius 1 is 0.615 bits per heavy atom. The van der Waals surface area contributed by atoms with Gasteiger partial charge in [0.15, 0.2) is 6.04 Å². The number of rotatable bonds is 19. The number of carbonyl (C=O) groups excluding carboxylic acids is 10. The van der Waals surface area contributed by atoms with Crippen LogP contribution in [0.1, 0.15) is 87.3 Å². The fraction of sp³-hybridized carbons (Fsp3) is 0.545. The van der Waals surface area contributed by atoms with Crippen LogP contribution in [0, 0.1) is 0 Å². The summed E-state index contributed by atoms with van der Waals surface area (Å²) < 4.78 is 28.6. The molecule has 3 aromatic carbocycles. The lowest BCUT2D eigenvalue weighted by Gasteiger charge is -2.42. The van der Waals surface area contributed by atoms with E-state index in [4.69, 9.17) is 40.3 Å². The maximum absolute atomic E-state index is 12.8. The zero-order valence-corrected chi connectivity index (χ0v) is 57.8. The number of nitrogens with zero attached hydrogens (tertiary/aromatic N) is 9. The quantitative estimate of drug-likeness (QED) is 0.0212. The first kappa shape index (κ1) is 81.9. The number of amides is 6. The van der Waals surface area contributed by atoms with Crippen LogP contribution in [0.15, 0.2) is 104 Å². The predicted molar refractivity (Wildman–Crippen MR) is 353 cm³/mol. The van der Waals surface area contributed by atoms with Gasteiger partial charge in [0.1, 0.15) is 37.9 Å². The van der Waals surface area contributed by atoms with E-state index in [1.54, 1.807) is 43.1 Å². The van der Waals surface area contributed by atoms with E-state index in [9.17, 15) is 47.9 Å². The molecular weight excluding hydrogens is 1270 g/mol. The Hall–Kier alpha value is -8.29. The van der Waals surface area contributed by atoms with Crippen molar-refractivity contribution in [2.45, 2.75) is 115 Å². The molecule has 5 aliphatic heterocycles. The van der Waals surface area contributed by atoms with Gasteiger partial charge in [0.05, 0.1) is 41.5 Å². The lowest BCUT2D eigenvalue weighted by atomic mass is 10.1. The van der Waals surface area contributed by atoms with Gasteiger partial charge in [-0.25, -0.2) is 79.0 Å². The number of hydrogen-bond donors (Lipinski definition) is 2. The van der Waals surface area contributed by atoms with Crippen LogP contribution < -0.4 is 10.7 Å². The van der Waals surface area contributed by atoms with Crippen molar-refractivity contribution in [3.05, 3.63) is 120 Å². The maximum atomic E-state index is 12.8.